The summed E-state index contributed by atoms with van der Waals surface area (Å²) in [7, 11) is -0.716. The van der Waals surface area contributed by atoms with E-state index in [0.29, 0.717) is 11.4 Å². The molecule has 0 radical (unpaired) electrons. The molecule has 114 valence electrons. The fourth-order valence-electron chi connectivity index (χ4n) is 1.81. The summed E-state index contributed by atoms with van der Waals surface area (Å²) in [6, 6.07) is 6.77. The van der Waals surface area contributed by atoms with Crippen molar-refractivity contribution in [1.82, 2.24) is 9.78 Å². The summed E-state index contributed by atoms with van der Waals surface area (Å²) in [6.45, 7) is 0.144. The van der Waals surface area contributed by atoms with Crippen molar-refractivity contribution < 1.29 is 18.3 Å². The monoisotopic (exact) mass is 311 g/mol. The Morgan fingerprint density at radius 3 is 2.86 bits per heavy atom. The van der Waals surface area contributed by atoms with E-state index in [-0.39, 0.29) is 18.0 Å². The first-order valence-corrected chi connectivity index (χ1v) is 7.69. The van der Waals surface area contributed by atoms with E-state index in [0.717, 1.165) is 4.31 Å². The number of aliphatic hydroxyl groups is 1. The van der Waals surface area contributed by atoms with Gasteiger partial charge in [0.1, 0.15) is 10.6 Å². The Morgan fingerprint density at radius 1 is 1.43 bits per heavy atom. The van der Waals surface area contributed by atoms with Crippen molar-refractivity contribution in [2.75, 3.05) is 25.1 Å². The number of sulfonamides is 1. The highest BCUT2D eigenvalue weighted by molar-refractivity contribution is 7.92. The van der Waals surface area contributed by atoms with Gasteiger partial charge in [-0.3, -0.25) is 8.99 Å². The van der Waals surface area contributed by atoms with Gasteiger partial charge >= 0.3 is 0 Å². The van der Waals surface area contributed by atoms with Gasteiger partial charge in [0.05, 0.1) is 32.1 Å². The van der Waals surface area contributed by atoms with Crippen molar-refractivity contribution in [3.8, 4) is 5.75 Å². The average Bonchev–Trinajstić information content (AvgIpc) is 2.96. The van der Waals surface area contributed by atoms with E-state index in [2.05, 4.69) is 5.10 Å². The highest BCUT2D eigenvalue weighted by Gasteiger charge is 2.23. The minimum Gasteiger partial charge on any atom is -0.497 e. The summed E-state index contributed by atoms with van der Waals surface area (Å²) in [4.78, 5) is 0.0706. The number of hydrogen-bond donors (Lipinski definition) is 1. The van der Waals surface area contributed by atoms with Gasteiger partial charge in [-0.15, -0.1) is 0 Å². The third-order valence-electron chi connectivity index (χ3n) is 3.01. The predicted octanol–water partition coefficient (Wildman–Crippen LogP) is 0.709. The molecule has 0 bridgehead atoms. The van der Waals surface area contributed by atoms with Crippen molar-refractivity contribution in [2.24, 2.45) is 0 Å². The minimum absolute atomic E-state index is 0.0706. The third kappa shape index (κ3) is 3.17. The lowest BCUT2D eigenvalue weighted by molar-refractivity contribution is 0.269. The van der Waals surface area contributed by atoms with Crippen LogP contribution >= 0.6 is 0 Å². The lowest BCUT2D eigenvalue weighted by atomic mass is 10.3. The number of aromatic nitrogens is 2. The number of methoxy groups -OCH3 is 1. The van der Waals surface area contributed by atoms with E-state index >= 15 is 0 Å². The normalized spacial score (nSPS) is 11.4. The van der Waals surface area contributed by atoms with Crippen LogP contribution in [-0.4, -0.2) is 44.1 Å². The highest BCUT2D eigenvalue weighted by Crippen LogP contribution is 2.25. The molecule has 2 rings (SSSR count). The maximum absolute atomic E-state index is 12.5. The molecule has 0 unspecified atom stereocenters. The number of ether oxygens (including phenoxy) is 1. The zero-order valence-electron chi connectivity index (χ0n) is 11.8. The Hall–Kier alpha value is -2.06. The van der Waals surface area contributed by atoms with Crippen LogP contribution in [0.4, 0.5) is 5.69 Å². The van der Waals surface area contributed by atoms with Gasteiger partial charge in [0.25, 0.3) is 10.0 Å². The standard InChI is InChI=1S/C13H17N3O4S/c1-15(11-4-3-5-12(8-11)20-2)21(18,19)13-9-14-16(10-13)6-7-17/h3-5,8-10,17H,6-7H2,1-2H3. The van der Waals surface area contributed by atoms with Crippen molar-refractivity contribution in [3.63, 3.8) is 0 Å². The molecule has 1 aromatic heterocycles. The Morgan fingerprint density at radius 2 is 2.19 bits per heavy atom. The fourth-order valence-corrected chi connectivity index (χ4v) is 2.95. The number of nitrogens with zero attached hydrogens (tertiary/aromatic N) is 3. The molecule has 7 nitrogen and oxygen atoms in total. The Bertz CT molecular complexity index is 712. The SMILES string of the molecule is COc1cccc(N(C)S(=O)(=O)c2cnn(CCO)c2)c1. The lowest BCUT2D eigenvalue weighted by Crippen LogP contribution is -2.26. The molecule has 0 saturated carbocycles. The molecule has 1 heterocycles. The average molecular weight is 311 g/mol. The molecule has 0 saturated heterocycles. The Balaban J connectivity index is 2.32. The second kappa shape index (κ2) is 6.15. The smallest absolute Gasteiger partial charge is 0.267 e. The van der Waals surface area contributed by atoms with Gasteiger partial charge in [-0.25, -0.2) is 8.42 Å². The van der Waals surface area contributed by atoms with Crippen molar-refractivity contribution >= 4 is 15.7 Å². The highest BCUT2D eigenvalue weighted by atomic mass is 32.2. The number of anilines is 1. The second-order valence-corrected chi connectivity index (χ2v) is 6.31. The van der Waals surface area contributed by atoms with Gasteiger partial charge in [0.2, 0.25) is 0 Å². The van der Waals surface area contributed by atoms with Gasteiger partial charge in [-0.2, -0.15) is 5.10 Å². The molecule has 0 amide bonds. The van der Waals surface area contributed by atoms with Gasteiger partial charge < -0.3 is 9.84 Å². The number of benzene rings is 1. The quantitative estimate of drug-likeness (QED) is 0.849. The molecular weight excluding hydrogens is 294 g/mol. The fraction of sp³-hybridized carbons (Fsp3) is 0.308. The summed E-state index contributed by atoms with van der Waals surface area (Å²) >= 11 is 0. The molecule has 1 aromatic carbocycles. The van der Waals surface area contributed by atoms with Crippen LogP contribution in [0.25, 0.3) is 0 Å². The van der Waals surface area contributed by atoms with Crippen LogP contribution in [-0.2, 0) is 16.6 Å². The molecule has 0 aliphatic rings. The van der Waals surface area contributed by atoms with Crippen LogP contribution in [0.5, 0.6) is 5.75 Å². The number of rotatable bonds is 6. The maximum Gasteiger partial charge on any atom is 0.267 e. The minimum atomic E-state index is -3.70. The molecule has 0 atom stereocenters. The van der Waals surface area contributed by atoms with E-state index in [1.807, 2.05) is 0 Å². The van der Waals surface area contributed by atoms with E-state index in [9.17, 15) is 8.42 Å². The largest absolute Gasteiger partial charge is 0.497 e. The molecule has 1 N–H and O–H groups in total. The topological polar surface area (TPSA) is 84.7 Å². The summed E-state index contributed by atoms with van der Waals surface area (Å²) in [5.74, 6) is 0.575. The molecule has 0 aliphatic heterocycles. The second-order valence-electron chi connectivity index (χ2n) is 4.34. The molecule has 0 aliphatic carbocycles. The summed E-state index contributed by atoms with van der Waals surface area (Å²) < 4.78 is 32.7. The molecule has 0 fully saturated rings. The molecule has 2 aromatic rings. The molecule has 8 heteroatoms. The van der Waals surface area contributed by atoms with E-state index in [4.69, 9.17) is 9.84 Å². The summed E-state index contributed by atoms with van der Waals surface area (Å²) in [6.07, 6.45) is 2.66. The lowest BCUT2D eigenvalue weighted by Gasteiger charge is -2.18. The van der Waals surface area contributed by atoms with Crippen LogP contribution in [0, 0.1) is 0 Å². The molecular formula is C13H17N3O4S. The van der Waals surface area contributed by atoms with Gasteiger partial charge in [-0.05, 0) is 12.1 Å². The zero-order chi connectivity index (χ0) is 15.5. The Kier molecular flexibility index (Phi) is 4.49. The molecule has 21 heavy (non-hydrogen) atoms. The van der Waals surface area contributed by atoms with Gasteiger partial charge in [0.15, 0.2) is 0 Å². The summed E-state index contributed by atoms with van der Waals surface area (Å²) in [5.41, 5.74) is 0.490. The zero-order valence-corrected chi connectivity index (χ0v) is 12.6. The first kappa shape index (κ1) is 15.3. The van der Waals surface area contributed by atoms with E-state index < -0.39 is 10.0 Å². The van der Waals surface area contributed by atoms with E-state index in [1.54, 1.807) is 24.3 Å². The van der Waals surface area contributed by atoms with Gasteiger partial charge in [-0.1, -0.05) is 6.07 Å². The van der Waals surface area contributed by atoms with Crippen molar-refractivity contribution in [2.45, 2.75) is 11.4 Å². The first-order chi connectivity index (χ1) is 9.98. The predicted molar refractivity (Wildman–Crippen MR) is 77.9 cm³/mol. The Labute approximate surface area is 123 Å². The van der Waals surface area contributed by atoms with Crippen LogP contribution in [0.1, 0.15) is 0 Å². The summed E-state index contributed by atoms with van der Waals surface area (Å²) in [5, 5.41) is 12.8. The van der Waals surface area contributed by atoms with Crippen LogP contribution in [0.15, 0.2) is 41.6 Å². The van der Waals surface area contributed by atoms with E-state index in [1.165, 1.54) is 31.2 Å². The molecule has 0 spiro atoms. The van der Waals surface area contributed by atoms with Gasteiger partial charge in [0, 0.05) is 19.3 Å². The van der Waals surface area contributed by atoms with Crippen LogP contribution in [0.2, 0.25) is 0 Å². The third-order valence-corrected chi connectivity index (χ3v) is 4.75. The van der Waals surface area contributed by atoms with Crippen LogP contribution in [0.3, 0.4) is 0 Å². The van der Waals surface area contributed by atoms with Crippen LogP contribution < -0.4 is 9.04 Å². The number of hydrogen-bond acceptors (Lipinski definition) is 5. The number of aliphatic hydroxyl groups excluding tert-OH is 1. The van der Waals surface area contributed by atoms with Crippen molar-refractivity contribution in [1.29, 1.82) is 0 Å². The first-order valence-electron chi connectivity index (χ1n) is 6.25. The van der Waals surface area contributed by atoms with Crippen molar-refractivity contribution in [3.05, 3.63) is 36.7 Å². The maximum atomic E-state index is 12.5.